The van der Waals surface area contributed by atoms with E-state index in [-0.39, 0.29) is 0 Å². The average molecular weight is 270 g/mol. The average Bonchev–Trinajstić information content (AvgIpc) is 2.72. The van der Waals surface area contributed by atoms with Gasteiger partial charge in [-0.2, -0.15) is 9.50 Å². The molecule has 0 bridgehead atoms. The fourth-order valence-corrected chi connectivity index (χ4v) is 1.71. The number of hydrogen-bond acceptors (Lipinski definition) is 5. The summed E-state index contributed by atoms with van der Waals surface area (Å²) in [6, 6.07) is 1.81. The Morgan fingerprint density at radius 2 is 2.22 bits per heavy atom. The maximum Gasteiger partial charge on any atom is 0.255 e. The summed E-state index contributed by atoms with van der Waals surface area (Å²) in [6.07, 6.45) is 0. The predicted octanol–water partition coefficient (Wildman–Crippen LogP) is 1.96. The van der Waals surface area contributed by atoms with Crippen LogP contribution in [0.1, 0.15) is 25.5 Å². The summed E-state index contributed by atoms with van der Waals surface area (Å²) < 4.78 is 6.46. The third-order valence-corrected chi connectivity index (χ3v) is 2.74. The second-order valence-corrected chi connectivity index (χ2v) is 4.61. The van der Waals surface area contributed by atoms with Crippen LogP contribution in [0.5, 0.6) is 0 Å². The Bertz CT molecular complexity index is 539. The number of nitrogens with zero attached hydrogens (tertiary/aromatic N) is 4. The number of rotatable bonds is 5. The lowest BCUT2D eigenvalue weighted by atomic mass is 10.1. The molecular weight excluding hydrogens is 254 g/mol. The largest absolute Gasteiger partial charge is 0.383 e. The van der Waals surface area contributed by atoms with Crippen molar-refractivity contribution >= 4 is 23.3 Å². The van der Waals surface area contributed by atoms with E-state index >= 15 is 0 Å². The molecule has 18 heavy (non-hydrogen) atoms. The maximum absolute atomic E-state index is 6.15. The van der Waals surface area contributed by atoms with Crippen molar-refractivity contribution in [2.45, 2.75) is 19.8 Å². The molecular formula is C11H16ClN5O. The van der Waals surface area contributed by atoms with Gasteiger partial charge in [0.15, 0.2) is 0 Å². The Morgan fingerprint density at radius 3 is 2.89 bits per heavy atom. The third-order valence-electron chi connectivity index (χ3n) is 2.47. The number of hydrogen-bond donors (Lipinski definition) is 1. The van der Waals surface area contributed by atoms with E-state index in [1.54, 1.807) is 7.11 Å². The quantitative estimate of drug-likeness (QED) is 0.664. The summed E-state index contributed by atoms with van der Waals surface area (Å²) in [5.41, 5.74) is 0.906. The van der Waals surface area contributed by atoms with Gasteiger partial charge >= 0.3 is 0 Å². The number of aromatic nitrogens is 4. The predicted molar refractivity (Wildman–Crippen MR) is 70.2 cm³/mol. The zero-order chi connectivity index (χ0) is 13.1. The molecule has 2 heterocycles. The Morgan fingerprint density at radius 1 is 1.44 bits per heavy atom. The van der Waals surface area contributed by atoms with Crippen LogP contribution in [-0.2, 0) is 4.74 Å². The summed E-state index contributed by atoms with van der Waals surface area (Å²) >= 11 is 6.15. The van der Waals surface area contributed by atoms with Crippen molar-refractivity contribution in [3.8, 4) is 0 Å². The Hall–Kier alpha value is -1.40. The molecule has 2 aromatic heterocycles. The highest BCUT2D eigenvalue weighted by molar-refractivity contribution is 6.29. The first-order chi connectivity index (χ1) is 8.61. The lowest BCUT2D eigenvalue weighted by molar-refractivity contribution is 0.210. The molecule has 0 amide bonds. The van der Waals surface area contributed by atoms with Crippen molar-refractivity contribution in [3.05, 3.63) is 16.9 Å². The molecule has 0 aliphatic heterocycles. The van der Waals surface area contributed by atoms with Gasteiger partial charge in [0.2, 0.25) is 5.95 Å². The molecule has 0 radical (unpaired) electrons. The Balaban J connectivity index is 2.29. The standard InChI is InChI=1S/C11H16ClN5O/c1-7(2)8-6-9(12)17-11(14-8)15-10(16-17)13-4-5-18-3/h6-7H,4-5H2,1-3H3,(H,13,16). The Labute approximate surface area is 110 Å². The first-order valence-electron chi connectivity index (χ1n) is 5.78. The SMILES string of the molecule is COCCNc1nc2nc(C(C)C)cc(Cl)n2n1. The minimum absolute atomic E-state index is 0.300. The van der Waals surface area contributed by atoms with E-state index in [0.717, 1.165) is 5.69 Å². The van der Waals surface area contributed by atoms with E-state index in [2.05, 4.69) is 34.2 Å². The molecule has 0 unspecified atom stereocenters. The number of halogens is 1. The van der Waals surface area contributed by atoms with Crippen LogP contribution in [0.4, 0.5) is 5.95 Å². The van der Waals surface area contributed by atoms with E-state index in [1.807, 2.05) is 6.07 Å². The van der Waals surface area contributed by atoms with Gasteiger partial charge in [-0.3, -0.25) is 0 Å². The van der Waals surface area contributed by atoms with Crippen LogP contribution < -0.4 is 5.32 Å². The van der Waals surface area contributed by atoms with Crippen molar-refractivity contribution in [1.82, 2.24) is 19.6 Å². The first kappa shape index (κ1) is 13.0. The van der Waals surface area contributed by atoms with E-state index in [1.165, 1.54) is 4.52 Å². The molecule has 0 saturated heterocycles. The molecule has 0 aromatic carbocycles. The molecule has 0 fully saturated rings. The molecule has 0 aliphatic rings. The first-order valence-corrected chi connectivity index (χ1v) is 6.15. The summed E-state index contributed by atoms with van der Waals surface area (Å²) in [6.45, 7) is 5.35. The molecule has 0 saturated carbocycles. The van der Waals surface area contributed by atoms with Crippen LogP contribution in [0.3, 0.4) is 0 Å². The van der Waals surface area contributed by atoms with Gasteiger partial charge in [0.05, 0.1) is 12.3 Å². The lowest BCUT2D eigenvalue weighted by Crippen LogP contribution is -2.08. The minimum Gasteiger partial charge on any atom is -0.383 e. The number of fused-ring (bicyclic) bond motifs is 1. The van der Waals surface area contributed by atoms with Gasteiger partial charge in [-0.1, -0.05) is 25.4 Å². The highest BCUT2D eigenvalue weighted by Crippen LogP contribution is 2.18. The van der Waals surface area contributed by atoms with Crippen LogP contribution in [0.15, 0.2) is 6.07 Å². The van der Waals surface area contributed by atoms with Gasteiger partial charge in [0.25, 0.3) is 5.78 Å². The molecule has 0 spiro atoms. The van der Waals surface area contributed by atoms with Gasteiger partial charge in [-0.15, -0.1) is 5.10 Å². The molecule has 0 atom stereocenters. The summed E-state index contributed by atoms with van der Waals surface area (Å²) in [5, 5.41) is 7.78. The highest BCUT2D eigenvalue weighted by Gasteiger charge is 2.11. The van der Waals surface area contributed by atoms with Crippen molar-refractivity contribution in [2.24, 2.45) is 0 Å². The fraction of sp³-hybridized carbons (Fsp3) is 0.545. The van der Waals surface area contributed by atoms with E-state index in [4.69, 9.17) is 16.3 Å². The molecule has 2 aromatic rings. The van der Waals surface area contributed by atoms with Crippen LogP contribution in [0.2, 0.25) is 5.15 Å². The zero-order valence-corrected chi connectivity index (χ0v) is 11.4. The third kappa shape index (κ3) is 2.70. The van der Waals surface area contributed by atoms with Gasteiger partial charge in [0.1, 0.15) is 5.15 Å². The molecule has 98 valence electrons. The fourth-order valence-electron chi connectivity index (χ4n) is 1.49. The van der Waals surface area contributed by atoms with Crippen molar-refractivity contribution < 1.29 is 4.74 Å². The van der Waals surface area contributed by atoms with E-state index in [0.29, 0.717) is 35.9 Å². The van der Waals surface area contributed by atoms with Crippen LogP contribution >= 0.6 is 11.6 Å². The monoisotopic (exact) mass is 269 g/mol. The van der Waals surface area contributed by atoms with Crippen LogP contribution in [-0.4, -0.2) is 39.8 Å². The second-order valence-electron chi connectivity index (χ2n) is 4.23. The minimum atomic E-state index is 0.300. The summed E-state index contributed by atoms with van der Waals surface area (Å²) in [7, 11) is 1.64. The van der Waals surface area contributed by atoms with E-state index in [9.17, 15) is 0 Å². The molecule has 1 N–H and O–H groups in total. The number of methoxy groups -OCH3 is 1. The number of nitrogens with one attached hydrogen (secondary N) is 1. The molecule has 7 heteroatoms. The molecule has 6 nitrogen and oxygen atoms in total. The van der Waals surface area contributed by atoms with Gasteiger partial charge in [-0.05, 0) is 12.0 Å². The maximum atomic E-state index is 6.15. The lowest BCUT2D eigenvalue weighted by Gasteiger charge is -2.04. The highest BCUT2D eigenvalue weighted by atomic mass is 35.5. The van der Waals surface area contributed by atoms with E-state index < -0.39 is 0 Å². The summed E-state index contributed by atoms with van der Waals surface area (Å²) in [4.78, 5) is 8.70. The number of anilines is 1. The van der Waals surface area contributed by atoms with Gasteiger partial charge in [-0.25, -0.2) is 4.98 Å². The second kappa shape index (κ2) is 5.49. The smallest absolute Gasteiger partial charge is 0.255 e. The van der Waals surface area contributed by atoms with Crippen molar-refractivity contribution in [3.63, 3.8) is 0 Å². The zero-order valence-electron chi connectivity index (χ0n) is 10.6. The van der Waals surface area contributed by atoms with Crippen molar-refractivity contribution in [2.75, 3.05) is 25.6 Å². The summed E-state index contributed by atoms with van der Waals surface area (Å²) in [5.74, 6) is 1.31. The van der Waals surface area contributed by atoms with Crippen LogP contribution in [0, 0.1) is 0 Å². The van der Waals surface area contributed by atoms with Gasteiger partial charge in [0, 0.05) is 13.7 Å². The Kier molecular flexibility index (Phi) is 3.98. The van der Waals surface area contributed by atoms with Crippen LogP contribution in [0.25, 0.3) is 5.78 Å². The molecule has 0 aliphatic carbocycles. The normalized spacial score (nSPS) is 11.4. The number of ether oxygens (including phenoxy) is 1. The van der Waals surface area contributed by atoms with Gasteiger partial charge < -0.3 is 10.1 Å². The van der Waals surface area contributed by atoms with Crippen molar-refractivity contribution in [1.29, 1.82) is 0 Å². The topological polar surface area (TPSA) is 64.3 Å². The molecule has 2 rings (SSSR count).